The maximum absolute atomic E-state index is 13.5. The number of rotatable bonds is 1. The Hall–Kier alpha value is -0.940. The van der Waals surface area contributed by atoms with Gasteiger partial charge in [-0.1, -0.05) is 6.07 Å². The van der Waals surface area contributed by atoms with E-state index in [9.17, 15) is 14.3 Å². The minimum Gasteiger partial charge on any atom is -0.391 e. The van der Waals surface area contributed by atoms with E-state index in [2.05, 4.69) is 15.9 Å². The number of nitrogens with zero attached hydrogens (tertiary/aromatic N) is 1. The molecule has 1 atom stereocenters. The van der Waals surface area contributed by atoms with Crippen molar-refractivity contribution in [2.24, 2.45) is 0 Å². The molecule has 0 saturated carbocycles. The zero-order valence-electron chi connectivity index (χ0n) is 7.78. The first-order valence-corrected chi connectivity index (χ1v) is 5.31. The number of carbonyl (C=O) groups excluding carboxylic acids is 1. The van der Waals surface area contributed by atoms with Crippen LogP contribution in [0.15, 0.2) is 22.7 Å². The molecule has 0 bridgehead atoms. The van der Waals surface area contributed by atoms with Crippen molar-refractivity contribution in [2.45, 2.75) is 12.5 Å². The van der Waals surface area contributed by atoms with Gasteiger partial charge >= 0.3 is 0 Å². The Bertz CT molecular complexity index is 390. The van der Waals surface area contributed by atoms with Crippen LogP contribution in [-0.4, -0.2) is 23.7 Å². The van der Waals surface area contributed by atoms with Crippen molar-refractivity contribution in [3.8, 4) is 0 Å². The number of aliphatic hydroxyl groups is 1. The number of anilines is 1. The number of hydrogen-bond acceptors (Lipinski definition) is 2. The van der Waals surface area contributed by atoms with Crippen LogP contribution in [-0.2, 0) is 4.79 Å². The number of carbonyl (C=O) groups is 1. The molecule has 80 valence electrons. The maximum atomic E-state index is 13.5. The van der Waals surface area contributed by atoms with Crippen molar-refractivity contribution in [3.63, 3.8) is 0 Å². The van der Waals surface area contributed by atoms with E-state index in [0.717, 1.165) is 0 Å². The number of amides is 1. The maximum Gasteiger partial charge on any atom is 0.229 e. The normalized spacial score (nSPS) is 21.1. The average molecular weight is 274 g/mol. The summed E-state index contributed by atoms with van der Waals surface area (Å²) in [6.07, 6.45) is -0.648. The smallest absolute Gasteiger partial charge is 0.229 e. The lowest BCUT2D eigenvalue weighted by Gasteiger charge is -2.18. The van der Waals surface area contributed by atoms with E-state index in [4.69, 9.17) is 0 Å². The van der Waals surface area contributed by atoms with Crippen molar-refractivity contribution >= 4 is 27.5 Å². The largest absolute Gasteiger partial charge is 0.391 e. The van der Waals surface area contributed by atoms with Gasteiger partial charge in [-0.25, -0.2) is 4.39 Å². The summed E-state index contributed by atoms with van der Waals surface area (Å²) >= 11 is 3.19. The Morgan fingerprint density at radius 3 is 2.80 bits per heavy atom. The number of β-amino-alcohol motifs (C(OH)–C–C–N with tert-alkyl or cyclic N) is 1. The Balaban J connectivity index is 2.41. The average Bonchev–Trinajstić information content (AvgIpc) is 2.45. The summed E-state index contributed by atoms with van der Waals surface area (Å²) in [7, 11) is 0. The molecule has 1 amide bonds. The standard InChI is InChI=1S/C10H9BrFNO2/c11-7-2-1-3-8(12)10(7)13-5-6(14)4-9(13)15/h1-3,6,14H,4-5H2. The van der Waals surface area contributed by atoms with E-state index in [0.29, 0.717) is 4.47 Å². The summed E-state index contributed by atoms with van der Waals surface area (Å²) in [6, 6.07) is 4.51. The van der Waals surface area contributed by atoms with Crippen LogP contribution < -0.4 is 4.90 Å². The van der Waals surface area contributed by atoms with Gasteiger partial charge in [0.2, 0.25) is 5.91 Å². The predicted molar refractivity (Wildman–Crippen MR) is 57.1 cm³/mol. The summed E-state index contributed by atoms with van der Waals surface area (Å²) < 4.78 is 14.0. The second-order valence-electron chi connectivity index (χ2n) is 3.43. The zero-order chi connectivity index (χ0) is 11.0. The van der Waals surface area contributed by atoms with Crippen molar-refractivity contribution in [1.29, 1.82) is 0 Å². The van der Waals surface area contributed by atoms with Crippen LogP contribution in [0.25, 0.3) is 0 Å². The van der Waals surface area contributed by atoms with Crippen molar-refractivity contribution < 1.29 is 14.3 Å². The van der Waals surface area contributed by atoms with Gasteiger partial charge in [-0.15, -0.1) is 0 Å². The van der Waals surface area contributed by atoms with Crippen LogP contribution in [0.4, 0.5) is 10.1 Å². The van der Waals surface area contributed by atoms with E-state index < -0.39 is 11.9 Å². The highest BCUT2D eigenvalue weighted by atomic mass is 79.9. The summed E-state index contributed by atoms with van der Waals surface area (Å²) in [5, 5.41) is 9.31. The summed E-state index contributed by atoms with van der Waals surface area (Å²) in [5.74, 6) is -0.722. The fourth-order valence-electron chi connectivity index (χ4n) is 1.65. The molecule has 1 aliphatic rings. The Labute approximate surface area is 94.6 Å². The monoisotopic (exact) mass is 273 g/mol. The Morgan fingerprint density at radius 2 is 2.27 bits per heavy atom. The van der Waals surface area contributed by atoms with Crippen LogP contribution in [0.5, 0.6) is 0 Å². The third-order valence-electron chi connectivity index (χ3n) is 2.31. The lowest BCUT2D eigenvalue weighted by molar-refractivity contribution is -0.117. The van der Waals surface area contributed by atoms with Gasteiger partial charge in [0.1, 0.15) is 5.82 Å². The molecule has 0 spiro atoms. The van der Waals surface area contributed by atoms with Crippen LogP contribution in [0.1, 0.15) is 6.42 Å². The van der Waals surface area contributed by atoms with E-state index in [-0.39, 0.29) is 24.6 Å². The van der Waals surface area contributed by atoms with Gasteiger partial charge in [0.15, 0.2) is 0 Å². The second-order valence-corrected chi connectivity index (χ2v) is 4.29. The molecule has 0 aromatic heterocycles. The molecule has 0 aliphatic carbocycles. The summed E-state index contributed by atoms with van der Waals surface area (Å²) in [6.45, 7) is 0.151. The molecule has 1 N–H and O–H groups in total. The number of benzene rings is 1. The fourth-order valence-corrected chi connectivity index (χ4v) is 2.21. The predicted octanol–water partition coefficient (Wildman–Crippen LogP) is 1.69. The van der Waals surface area contributed by atoms with Gasteiger partial charge in [0.25, 0.3) is 0 Å². The first-order chi connectivity index (χ1) is 7.09. The number of aliphatic hydroxyl groups excluding tert-OH is 1. The van der Waals surface area contributed by atoms with E-state index >= 15 is 0 Å². The molecule has 1 aliphatic heterocycles. The molecule has 2 rings (SSSR count). The molecule has 1 unspecified atom stereocenters. The van der Waals surface area contributed by atoms with E-state index in [1.807, 2.05) is 0 Å². The Morgan fingerprint density at radius 1 is 1.53 bits per heavy atom. The van der Waals surface area contributed by atoms with Crippen molar-refractivity contribution in [2.75, 3.05) is 11.4 Å². The van der Waals surface area contributed by atoms with Crippen molar-refractivity contribution in [3.05, 3.63) is 28.5 Å². The van der Waals surface area contributed by atoms with E-state index in [1.54, 1.807) is 12.1 Å². The molecule has 3 nitrogen and oxygen atoms in total. The van der Waals surface area contributed by atoms with Crippen LogP contribution in [0.3, 0.4) is 0 Å². The highest BCUT2D eigenvalue weighted by Gasteiger charge is 2.31. The molecule has 1 saturated heterocycles. The van der Waals surface area contributed by atoms with Gasteiger partial charge in [0.05, 0.1) is 24.8 Å². The lowest BCUT2D eigenvalue weighted by Crippen LogP contribution is -2.26. The van der Waals surface area contributed by atoms with E-state index in [1.165, 1.54) is 11.0 Å². The molecular weight excluding hydrogens is 265 g/mol. The Kier molecular flexibility index (Phi) is 2.75. The van der Waals surface area contributed by atoms with Crippen molar-refractivity contribution in [1.82, 2.24) is 0 Å². The van der Waals surface area contributed by atoms with Gasteiger partial charge in [-0.3, -0.25) is 4.79 Å². The van der Waals surface area contributed by atoms with Gasteiger partial charge in [0, 0.05) is 4.47 Å². The first-order valence-electron chi connectivity index (χ1n) is 4.52. The summed E-state index contributed by atoms with van der Waals surface area (Å²) in [5.41, 5.74) is 0.207. The third-order valence-corrected chi connectivity index (χ3v) is 2.95. The highest BCUT2D eigenvalue weighted by molar-refractivity contribution is 9.10. The van der Waals surface area contributed by atoms with Crippen LogP contribution >= 0.6 is 15.9 Å². The first kappa shape index (κ1) is 10.6. The minimum atomic E-state index is -0.705. The van der Waals surface area contributed by atoms with Crippen LogP contribution in [0, 0.1) is 5.82 Å². The number of hydrogen-bond donors (Lipinski definition) is 1. The van der Waals surface area contributed by atoms with Gasteiger partial charge in [-0.05, 0) is 28.1 Å². The fraction of sp³-hybridized carbons (Fsp3) is 0.300. The number of para-hydroxylation sites is 1. The molecule has 0 radical (unpaired) electrons. The van der Waals surface area contributed by atoms with Crippen LogP contribution in [0.2, 0.25) is 0 Å². The quantitative estimate of drug-likeness (QED) is 0.846. The second kappa shape index (κ2) is 3.90. The molecule has 1 aromatic rings. The van der Waals surface area contributed by atoms with Gasteiger partial charge in [-0.2, -0.15) is 0 Å². The topological polar surface area (TPSA) is 40.5 Å². The number of halogens is 2. The highest BCUT2D eigenvalue weighted by Crippen LogP contribution is 2.32. The molecule has 1 fully saturated rings. The zero-order valence-corrected chi connectivity index (χ0v) is 9.37. The SMILES string of the molecule is O=C1CC(O)CN1c1c(F)cccc1Br. The molecule has 5 heteroatoms. The lowest BCUT2D eigenvalue weighted by atomic mass is 10.3. The summed E-state index contributed by atoms with van der Waals surface area (Å²) in [4.78, 5) is 12.7. The molecule has 1 heterocycles. The molecular formula is C10H9BrFNO2. The van der Waals surface area contributed by atoms with Gasteiger partial charge < -0.3 is 10.0 Å². The molecule has 15 heavy (non-hydrogen) atoms. The molecule has 1 aromatic carbocycles. The third kappa shape index (κ3) is 1.89. The minimum absolute atomic E-state index is 0.0563.